The molecule has 21 heavy (non-hydrogen) atoms. The maximum absolute atomic E-state index is 11.5. The molecule has 0 radical (unpaired) electrons. The minimum atomic E-state index is -0.519. The van der Waals surface area contributed by atoms with E-state index in [0.717, 1.165) is 32.1 Å². The Morgan fingerprint density at radius 3 is 2.90 bits per heavy atom. The van der Waals surface area contributed by atoms with Crippen LogP contribution in [0.2, 0.25) is 0 Å². The van der Waals surface area contributed by atoms with E-state index in [2.05, 4.69) is 9.78 Å². The molecule has 1 fully saturated rings. The molecule has 0 amide bonds. The smallest absolute Gasteiger partial charge is 0.308 e. The Morgan fingerprint density at radius 2 is 2.19 bits per heavy atom. The lowest BCUT2D eigenvalue weighted by atomic mass is 9.80. The van der Waals surface area contributed by atoms with Gasteiger partial charge in [0.1, 0.15) is 12.5 Å². The molecule has 4 rings (SSSR count). The highest BCUT2D eigenvalue weighted by Crippen LogP contribution is 2.42. The highest BCUT2D eigenvalue weighted by Gasteiger charge is 2.43. The molecule has 1 aromatic heterocycles. The predicted octanol–water partition coefficient (Wildman–Crippen LogP) is 1.71. The first kappa shape index (κ1) is 12.7. The van der Waals surface area contributed by atoms with E-state index in [1.165, 1.54) is 18.4 Å². The van der Waals surface area contributed by atoms with E-state index in [4.69, 9.17) is 14.2 Å². The average molecular weight is 290 g/mol. The molecular formula is C15H18N2O4. The SMILES string of the molecule is COC(=O)C1CC(n2ncc3c2CCC2(C3)OC=CO2)C1. The van der Waals surface area contributed by atoms with Crippen molar-refractivity contribution in [2.75, 3.05) is 7.11 Å². The topological polar surface area (TPSA) is 62.6 Å². The molecule has 1 aromatic rings. The van der Waals surface area contributed by atoms with Crippen LogP contribution in [0.5, 0.6) is 0 Å². The summed E-state index contributed by atoms with van der Waals surface area (Å²) in [5, 5.41) is 4.53. The molecule has 3 aliphatic rings. The molecule has 0 unspecified atom stereocenters. The number of hydrogen-bond donors (Lipinski definition) is 0. The van der Waals surface area contributed by atoms with Gasteiger partial charge in [-0.2, -0.15) is 5.10 Å². The highest BCUT2D eigenvalue weighted by atomic mass is 16.7. The summed E-state index contributed by atoms with van der Waals surface area (Å²) in [5.41, 5.74) is 2.44. The van der Waals surface area contributed by atoms with Crippen molar-refractivity contribution in [1.29, 1.82) is 0 Å². The van der Waals surface area contributed by atoms with Gasteiger partial charge in [-0.05, 0) is 19.3 Å². The molecule has 0 saturated heterocycles. The van der Waals surface area contributed by atoms with Crippen LogP contribution in [0.15, 0.2) is 18.7 Å². The van der Waals surface area contributed by atoms with E-state index < -0.39 is 5.79 Å². The highest BCUT2D eigenvalue weighted by molar-refractivity contribution is 5.73. The van der Waals surface area contributed by atoms with Crippen LogP contribution in [0.25, 0.3) is 0 Å². The lowest BCUT2D eigenvalue weighted by Gasteiger charge is -2.36. The first-order chi connectivity index (χ1) is 10.2. The first-order valence-electron chi connectivity index (χ1n) is 7.34. The molecule has 1 spiro atoms. The predicted molar refractivity (Wildman–Crippen MR) is 72.1 cm³/mol. The summed E-state index contributed by atoms with van der Waals surface area (Å²) in [6, 6.07) is 0.315. The van der Waals surface area contributed by atoms with Crippen molar-refractivity contribution < 1.29 is 19.0 Å². The summed E-state index contributed by atoms with van der Waals surface area (Å²) in [6.07, 6.45) is 9.21. The van der Waals surface area contributed by atoms with Crippen LogP contribution < -0.4 is 0 Å². The monoisotopic (exact) mass is 290 g/mol. The number of carbonyl (C=O) groups is 1. The lowest BCUT2D eigenvalue weighted by molar-refractivity contribution is -0.150. The molecule has 0 bridgehead atoms. The Hall–Kier alpha value is -1.98. The van der Waals surface area contributed by atoms with Crippen molar-refractivity contribution in [2.45, 2.75) is 43.9 Å². The van der Waals surface area contributed by atoms with Gasteiger partial charge in [0.25, 0.3) is 5.79 Å². The van der Waals surface area contributed by atoms with Gasteiger partial charge < -0.3 is 14.2 Å². The fourth-order valence-corrected chi connectivity index (χ4v) is 3.53. The molecule has 6 nitrogen and oxygen atoms in total. The lowest BCUT2D eigenvalue weighted by Crippen LogP contribution is -2.38. The fraction of sp³-hybridized carbons (Fsp3) is 0.600. The summed E-state index contributed by atoms with van der Waals surface area (Å²) in [7, 11) is 1.44. The van der Waals surface area contributed by atoms with Crippen molar-refractivity contribution in [2.24, 2.45) is 5.92 Å². The Morgan fingerprint density at radius 1 is 1.43 bits per heavy atom. The van der Waals surface area contributed by atoms with Crippen LogP contribution in [0.3, 0.4) is 0 Å². The van der Waals surface area contributed by atoms with Crippen LogP contribution in [-0.4, -0.2) is 28.6 Å². The first-order valence-corrected chi connectivity index (χ1v) is 7.34. The van der Waals surface area contributed by atoms with Gasteiger partial charge in [0.15, 0.2) is 0 Å². The third kappa shape index (κ3) is 1.92. The Balaban J connectivity index is 1.48. The number of nitrogens with zero attached hydrogens (tertiary/aromatic N) is 2. The second-order valence-electron chi connectivity index (χ2n) is 6.00. The van der Waals surface area contributed by atoms with Crippen molar-refractivity contribution in [1.82, 2.24) is 9.78 Å². The molecule has 112 valence electrons. The maximum Gasteiger partial charge on any atom is 0.308 e. The number of rotatable bonds is 2. The van der Waals surface area contributed by atoms with E-state index in [0.29, 0.717) is 6.04 Å². The Labute approximate surface area is 122 Å². The minimum Gasteiger partial charge on any atom is -0.469 e. The molecule has 2 aliphatic carbocycles. The number of esters is 1. The summed E-state index contributed by atoms with van der Waals surface area (Å²) in [6.45, 7) is 0. The molecule has 0 aromatic carbocycles. The normalized spacial score (nSPS) is 28.4. The van der Waals surface area contributed by atoms with Crippen LogP contribution in [0.4, 0.5) is 0 Å². The number of aromatic nitrogens is 2. The van der Waals surface area contributed by atoms with E-state index in [9.17, 15) is 4.79 Å². The van der Waals surface area contributed by atoms with Gasteiger partial charge >= 0.3 is 5.97 Å². The zero-order valence-electron chi connectivity index (χ0n) is 11.9. The Bertz CT molecular complexity index is 593. The second-order valence-corrected chi connectivity index (χ2v) is 6.00. The van der Waals surface area contributed by atoms with Crippen LogP contribution in [0.1, 0.15) is 36.6 Å². The number of fused-ring (bicyclic) bond motifs is 1. The third-order valence-corrected chi connectivity index (χ3v) is 4.80. The summed E-state index contributed by atoms with van der Waals surface area (Å²) in [5.74, 6) is -0.597. The van der Waals surface area contributed by atoms with Gasteiger partial charge in [-0.1, -0.05) is 0 Å². The van der Waals surface area contributed by atoms with Crippen molar-refractivity contribution >= 4 is 5.97 Å². The molecule has 1 saturated carbocycles. The quantitative estimate of drug-likeness (QED) is 0.776. The zero-order valence-corrected chi connectivity index (χ0v) is 11.9. The van der Waals surface area contributed by atoms with Gasteiger partial charge in [0.2, 0.25) is 0 Å². The van der Waals surface area contributed by atoms with E-state index >= 15 is 0 Å². The van der Waals surface area contributed by atoms with Gasteiger partial charge in [0, 0.05) is 17.7 Å². The number of carbonyl (C=O) groups excluding carboxylic acids is 1. The summed E-state index contributed by atoms with van der Waals surface area (Å²) in [4.78, 5) is 11.5. The van der Waals surface area contributed by atoms with E-state index in [1.54, 1.807) is 12.5 Å². The van der Waals surface area contributed by atoms with Crippen molar-refractivity contribution in [3.8, 4) is 0 Å². The average Bonchev–Trinajstić information content (AvgIpc) is 3.05. The van der Waals surface area contributed by atoms with Crippen molar-refractivity contribution in [3.05, 3.63) is 30.0 Å². The zero-order chi connectivity index (χ0) is 14.4. The number of ether oxygens (including phenoxy) is 3. The molecule has 0 atom stereocenters. The molecular weight excluding hydrogens is 272 g/mol. The molecule has 0 N–H and O–H groups in total. The Kier molecular flexibility index (Phi) is 2.74. The summed E-state index contributed by atoms with van der Waals surface area (Å²) < 4.78 is 18.1. The van der Waals surface area contributed by atoms with Gasteiger partial charge in [-0.25, -0.2) is 0 Å². The van der Waals surface area contributed by atoms with Crippen molar-refractivity contribution in [3.63, 3.8) is 0 Å². The van der Waals surface area contributed by atoms with Gasteiger partial charge in [-0.15, -0.1) is 0 Å². The van der Waals surface area contributed by atoms with E-state index in [1.807, 2.05) is 6.20 Å². The van der Waals surface area contributed by atoms with E-state index in [-0.39, 0.29) is 11.9 Å². The standard InChI is InChI=1S/C15H18N2O4/c1-19-14(18)10-6-12(7-10)17-13-2-3-15(20-4-5-21-15)8-11(13)9-16-17/h4-5,9-10,12H,2-3,6-8H2,1H3. The van der Waals surface area contributed by atoms with Crippen LogP contribution in [-0.2, 0) is 31.8 Å². The minimum absolute atomic E-state index is 0.0282. The molecule has 1 aliphatic heterocycles. The maximum atomic E-state index is 11.5. The van der Waals surface area contributed by atoms with Gasteiger partial charge in [-0.3, -0.25) is 9.48 Å². The third-order valence-electron chi connectivity index (χ3n) is 4.80. The van der Waals surface area contributed by atoms with Crippen LogP contribution in [0, 0.1) is 5.92 Å². The summed E-state index contributed by atoms with van der Waals surface area (Å²) >= 11 is 0. The fourth-order valence-electron chi connectivity index (χ4n) is 3.53. The van der Waals surface area contributed by atoms with Gasteiger partial charge in [0.05, 0.1) is 31.7 Å². The number of methoxy groups -OCH3 is 1. The molecule has 6 heteroatoms. The second kappa shape index (κ2) is 4.51. The largest absolute Gasteiger partial charge is 0.469 e. The molecule has 2 heterocycles. The number of hydrogen-bond acceptors (Lipinski definition) is 5. The van der Waals surface area contributed by atoms with Crippen LogP contribution >= 0.6 is 0 Å².